The van der Waals surface area contributed by atoms with Gasteiger partial charge < -0.3 is 4.40 Å². The Kier molecular flexibility index (Phi) is 3.97. The van der Waals surface area contributed by atoms with E-state index in [4.69, 9.17) is 0 Å². The van der Waals surface area contributed by atoms with E-state index in [-0.39, 0.29) is 0 Å². The fourth-order valence-electron chi connectivity index (χ4n) is 2.07. The van der Waals surface area contributed by atoms with Crippen molar-refractivity contribution < 1.29 is 0 Å². The summed E-state index contributed by atoms with van der Waals surface area (Å²) in [6.45, 7) is 4.43. The predicted octanol–water partition coefficient (Wildman–Crippen LogP) is 4.32. The molecular weight excluding hydrogens is 208 g/mol. The zero-order valence-electron chi connectivity index (χ0n) is 10.7. The smallest absolute Gasteiger partial charge is 0.140 e. The molecule has 0 aliphatic carbocycles. The van der Waals surface area contributed by atoms with Gasteiger partial charge in [0.25, 0.3) is 0 Å². The highest BCUT2D eigenvalue weighted by Crippen LogP contribution is 2.21. The van der Waals surface area contributed by atoms with Crippen LogP contribution in [0.4, 0.5) is 0 Å². The summed E-state index contributed by atoms with van der Waals surface area (Å²) in [5.74, 6) is 1.11. The van der Waals surface area contributed by atoms with Gasteiger partial charge in [0.15, 0.2) is 0 Å². The van der Waals surface area contributed by atoms with Gasteiger partial charge >= 0.3 is 0 Å². The Morgan fingerprint density at radius 2 is 2.18 bits per heavy atom. The van der Waals surface area contributed by atoms with Gasteiger partial charge in [-0.25, -0.2) is 4.98 Å². The summed E-state index contributed by atoms with van der Waals surface area (Å²) in [5.41, 5.74) is 2.54. The summed E-state index contributed by atoms with van der Waals surface area (Å²) in [6.07, 6.45) is 11.0. The van der Waals surface area contributed by atoms with E-state index in [1.165, 1.54) is 17.5 Å². The van der Waals surface area contributed by atoms with Crippen LogP contribution in [0, 0.1) is 0 Å². The molecule has 0 amide bonds. The van der Waals surface area contributed by atoms with E-state index in [1.54, 1.807) is 0 Å². The SMILES string of the molecule is CCC/C=C(\CCC)c1ncc2ccccn12. The first-order valence-electron chi connectivity index (χ1n) is 6.48. The van der Waals surface area contributed by atoms with Crippen molar-refractivity contribution in [3.8, 4) is 0 Å². The van der Waals surface area contributed by atoms with Crippen LogP contribution in [-0.4, -0.2) is 9.38 Å². The van der Waals surface area contributed by atoms with Crippen LogP contribution < -0.4 is 0 Å². The fraction of sp³-hybridized carbons (Fsp3) is 0.400. The number of imidazole rings is 1. The Labute approximate surface area is 103 Å². The average Bonchev–Trinajstić information content (AvgIpc) is 2.78. The van der Waals surface area contributed by atoms with Gasteiger partial charge in [-0.3, -0.25) is 0 Å². The van der Waals surface area contributed by atoms with Gasteiger partial charge in [0.2, 0.25) is 0 Å². The molecule has 2 nitrogen and oxygen atoms in total. The molecule has 2 aromatic heterocycles. The van der Waals surface area contributed by atoms with Crippen molar-refractivity contribution in [3.05, 3.63) is 42.5 Å². The van der Waals surface area contributed by atoms with Crippen LogP contribution in [0.25, 0.3) is 11.1 Å². The van der Waals surface area contributed by atoms with E-state index in [0.29, 0.717) is 0 Å². The zero-order chi connectivity index (χ0) is 12.1. The second-order valence-electron chi connectivity index (χ2n) is 4.35. The largest absolute Gasteiger partial charge is 0.300 e. The van der Waals surface area contributed by atoms with Crippen LogP contribution in [0.3, 0.4) is 0 Å². The molecule has 2 heteroatoms. The monoisotopic (exact) mass is 228 g/mol. The number of fused-ring (bicyclic) bond motifs is 1. The first-order chi connectivity index (χ1) is 8.36. The summed E-state index contributed by atoms with van der Waals surface area (Å²) in [5, 5.41) is 0. The van der Waals surface area contributed by atoms with Crippen molar-refractivity contribution in [1.82, 2.24) is 9.38 Å². The average molecular weight is 228 g/mol. The van der Waals surface area contributed by atoms with E-state index in [2.05, 4.69) is 53.7 Å². The Balaban J connectivity index is 2.41. The topological polar surface area (TPSA) is 17.3 Å². The molecule has 0 N–H and O–H groups in total. The van der Waals surface area contributed by atoms with E-state index in [1.807, 2.05) is 6.20 Å². The van der Waals surface area contributed by atoms with Crippen LogP contribution in [0.2, 0.25) is 0 Å². The second-order valence-corrected chi connectivity index (χ2v) is 4.35. The first-order valence-corrected chi connectivity index (χ1v) is 6.48. The normalized spacial score (nSPS) is 12.2. The van der Waals surface area contributed by atoms with Crippen LogP contribution >= 0.6 is 0 Å². The van der Waals surface area contributed by atoms with Gasteiger partial charge in [0, 0.05) is 6.20 Å². The molecule has 2 rings (SSSR count). The molecule has 0 saturated heterocycles. The van der Waals surface area contributed by atoms with E-state index < -0.39 is 0 Å². The maximum absolute atomic E-state index is 4.56. The molecule has 0 aliphatic rings. The summed E-state index contributed by atoms with van der Waals surface area (Å²) < 4.78 is 2.18. The quantitative estimate of drug-likeness (QED) is 0.745. The molecule has 0 bridgehead atoms. The molecule has 90 valence electrons. The molecule has 0 fully saturated rings. The zero-order valence-corrected chi connectivity index (χ0v) is 10.7. The minimum absolute atomic E-state index is 1.11. The number of nitrogens with zero attached hydrogens (tertiary/aromatic N) is 2. The number of hydrogen-bond donors (Lipinski definition) is 0. The van der Waals surface area contributed by atoms with Gasteiger partial charge in [-0.1, -0.05) is 38.8 Å². The number of allylic oxidation sites excluding steroid dienone is 2. The number of hydrogen-bond acceptors (Lipinski definition) is 1. The number of rotatable bonds is 5. The minimum atomic E-state index is 1.11. The molecule has 0 atom stereocenters. The van der Waals surface area contributed by atoms with Crippen LogP contribution in [-0.2, 0) is 0 Å². The lowest BCUT2D eigenvalue weighted by molar-refractivity contribution is 0.917. The predicted molar refractivity (Wildman–Crippen MR) is 73.0 cm³/mol. The highest BCUT2D eigenvalue weighted by Gasteiger charge is 2.07. The lowest BCUT2D eigenvalue weighted by Gasteiger charge is -2.05. The molecule has 0 aromatic carbocycles. The van der Waals surface area contributed by atoms with Crippen molar-refractivity contribution in [2.24, 2.45) is 0 Å². The Morgan fingerprint density at radius 1 is 1.29 bits per heavy atom. The number of pyridine rings is 1. The van der Waals surface area contributed by atoms with Crippen molar-refractivity contribution in [3.63, 3.8) is 0 Å². The third kappa shape index (κ3) is 2.57. The second kappa shape index (κ2) is 5.67. The van der Waals surface area contributed by atoms with Gasteiger partial charge in [-0.2, -0.15) is 0 Å². The van der Waals surface area contributed by atoms with Crippen LogP contribution in [0.1, 0.15) is 45.4 Å². The van der Waals surface area contributed by atoms with Gasteiger partial charge in [0.05, 0.1) is 11.7 Å². The van der Waals surface area contributed by atoms with Crippen molar-refractivity contribution in [1.29, 1.82) is 0 Å². The number of aromatic nitrogens is 2. The number of unbranched alkanes of at least 4 members (excludes halogenated alkanes) is 1. The summed E-state index contributed by atoms with van der Waals surface area (Å²) in [4.78, 5) is 4.56. The van der Waals surface area contributed by atoms with E-state index >= 15 is 0 Å². The van der Waals surface area contributed by atoms with E-state index in [9.17, 15) is 0 Å². The molecule has 0 spiro atoms. The molecule has 2 aromatic rings. The Hall–Kier alpha value is -1.57. The van der Waals surface area contributed by atoms with Gasteiger partial charge in [-0.15, -0.1) is 0 Å². The third-order valence-corrected chi connectivity index (χ3v) is 2.92. The maximum Gasteiger partial charge on any atom is 0.140 e. The Bertz CT molecular complexity index is 508. The van der Waals surface area contributed by atoms with Gasteiger partial charge in [-0.05, 0) is 30.5 Å². The lowest BCUT2D eigenvalue weighted by Crippen LogP contribution is -1.94. The summed E-state index contributed by atoms with van der Waals surface area (Å²) >= 11 is 0. The van der Waals surface area contributed by atoms with Crippen LogP contribution in [0.5, 0.6) is 0 Å². The molecule has 17 heavy (non-hydrogen) atoms. The molecule has 2 heterocycles. The van der Waals surface area contributed by atoms with Crippen molar-refractivity contribution in [2.45, 2.75) is 39.5 Å². The first kappa shape index (κ1) is 11.9. The summed E-state index contributed by atoms with van der Waals surface area (Å²) in [7, 11) is 0. The van der Waals surface area contributed by atoms with Crippen molar-refractivity contribution >= 4 is 11.1 Å². The van der Waals surface area contributed by atoms with Crippen molar-refractivity contribution in [2.75, 3.05) is 0 Å². The highest BCUT2D eigenvalue weighted by molar-refractivity contribution is 5.64. The molecule has 0 radical (unpaired) electrons. The van der Waals surface area contributed by atoms with Crippen LogP contribution in [0.15, 0.2) is 36.7 Å². The molecule has 0 aliphatic heterocycles. The standard InChI is InChI=1S/C15H20N2/c1-3-5-9-13(8-4-2)15-16-12-14-10-6-7-11-17(14)15/h6-7,9-12H,3-5,8H2,1-2H3/b13-9+. The highest BCUT2D eigenvalue weighted by atomic mass is 15.0. The minimum Gasteiger partial charge on any atom is -0.300 e. The Morgan fingerprint density at radius 3 is 2.94 bits per heavy atom. The maximum atomic E-state index is 4.56. The molecule has 0 saturated carbocycles. The summed E-state index contributed by atoms with van der Waals surface area (Å²) in [6, 6.07) is 6.21. The fourth-order valence-corrected chi connectivity index (χ4v) is 2.07. The molecular formula is C15H20N2. The lowest BCUT2D eigenvalue weighted by atomic mass is 10.1. The molecule has 0 unspecified atom stereocenters. The van der Waals surface area contributed by atoms with Gasteiger partial charge in [0.1, 0.15) is 5.82 Å². The third-order valence-electron chi connectivity index (χ3n) is 2.92. The van der Waals surface area contributed by atoms with E-state index in [0.717, 1.165) is 25.1 Å².